The van der Waals surface area contributed by atoms with Gasteiger partial charge >= 0.3 is 0 Å². The minimum atomic E-state index is 0.0185. The number of hydrogen-bond donors (Lipinski definition) is 1. The van der Waals surface area contributed by atoms with E-state index in [1.807, 2.05) is 0 Å². The summed E-state index contributed by atoms with van der Waals surface area (Å²) in [6.45, 7) is 0. The van der Waals surface area contributed by atoms with Crippen LogP contribution in [-0.2, 0) is 0 Å². The van der Waals surface area contributed by atoms with Gasteiger partial charge in [0.05, 0.1) is 6.04 Å². The molecule has 0 amide bonds. The smallest absolute Gasteiger partial charge is 0.0935 e. The third-order valence-corrected chi connectivity index (χ3v) is 1.59. The first kappa shape index (κ1) is 5.69. The molecule has 2 N–H and O–H groups in total. The third kappa shape index (κ3) is 1.04. The summed E-state index contributed by atoms with van der Waals surface area (Å²) in [4.78, 5) is 9.85. The van der Waals surface area contributed by atoms with Crippen LogP contribution in [0.3, 0.4) is 0 Å². The van der Waals surface area contributed by atoms with Crippen molar-refractivity contribution in [1.29, 1.82) is 0 Å². The molecule has 3 nitrogen and oxygen atoms in total. The molecule has 0 radical (unpaired) electrons. The molecule has 1 aliphatic rings. The second-order valence-electron chi connectivity index (χ2n) is 2.33. The first-order chi connectivity index (χ1) is 3.83. The highest BCUT2D eigenvalue weighted by Crippen LogP contribution is 2.19. The lowest BCUT2D eigenvalue weighted by molar-refractivity contribution is 0.664. The molecule has 1 rings (SSSR count). The van der Waals surface area contributed by atoms with Crippen LogP contribution in [0.5, 0.6) is 0 Å². The van der Waals surface area contributed by atoms with Gasteiger partial charge in [-0.1, -0.05) is 5.18 Å². The van der Waals surface area contributed by atoms with E-state index in [0.717, 1.165) is 19.3 Å². The Labute approximate surface area is 48.2 Å². The fourth-order valence-electron chi connectivity index (χ4n) is 1.09. The number of hydrogen-bond acceptors (Lipinski definition) is 3. The maximum atomic E-state index is 9.85. The first-order valence-electron chi connectivity index (χ1n) is 2.91. The lowest BCUT2D eigenvalue weighted by Crippen LogP contribution is -2.15. The van der Waals surface area contributed by atoms with Crippen LogP contribution in [0.2, 0.25) is 0 Å². The van der Waals surface area contributed by atoms with Gasteiger partial charge in [0.2, 0.25) is 0 Å². The Morgan fingerprint density at radius 1 is 1.50 bits per heavy atom. The second kappa shape index (κ2) is 2.22. The lowest BCUT2D eigenvalue weighted by atomic mass is 10.2. The second-order valence-corrected chi connectivity index (χ2v) is 2.33. The summed E-state index contributed by atoms with van der Waals surface area (Å²) in [7, 11) is 0. The van der Waals surface area contributed by atoms with Gasteiger partial charge in [-0.2, -0.15) is 4.91 Å². The van der Waals surface area contributed by atoms with Crippen molar-refractivity contribution in [3.05, 3.63) is 4.91 Å². The van der Waals surface area contributed by atoms with Gasteiger partial charge < -0.3 is 5.73 Å². The summed E-state index contributed by atoms with van der Waals surface area (Å²) in [5.74, 6) is 0. The molecule has 46 valence electrons. The zero-order chi connectivity index (χ0) is 5.98. The molecule has 0 saturated heterocycles. The average Bonchev–Trinajstić information content (AvgIpc) is 2.14. The van der Waals surface area contributed by atoms with Crippen molar-refractivity contribution in [1.82, 2.24) is 0 Å². The van der Waals surface area contributed by atoms with Crippen molar-refractivity contribution in [2.24, 2.45) is 10.9 Å². The molecular formula is C5H10N2O. The molecule has 0 aromatic rings. The van der Waals surface area contributed by atoms with Crippen molar-refractivity contribution in [3.63, 3.8) is 0 Å². The predicted molar refractivity (Wildman–Crippen MR) is 31.4 cm³/mol. The van der Waals surface area contributed by atoms with Gasteiger partial charge in [-0.25, -0.2) is 0 Å². The molecule has 8 heavy (non-hydrogen) atoms. The van der Waals surface area contributed by atoms with E-state index in [9.17, 15) is 4.91 Å². The van der Waals surface area contributed by atoms with Crippen molar-refractivity contribution < 1.29 is 0 Å². The monoisotopic (exact) mass is 114 g/mol. The molecule has 0 aliphatic heterocycles. The molecule has 3 heteroatoms. The zero-order valence-corrected chi connectivity index (χ0v) is 4.71. The van der Waals surface area contributed by atoms with Gasteiger partial charge in [-0.15, -0.1) is 0 Å². The molecule has 0 aromatic heterocycles. The van der Waals surface area contributed by atoms with Crippen molar-refractivity contribution in [2.75, 3.05) is 0 Å². The summed E-state index contributed by atoms with van der Waals surface area (Å²) >= 11 is 0. The van der Waals surface area contributed by atoms with Gasteiger partial charge in [0.25, 0.3) is 0 Å². The highest BCUT2D eigenvalue weighted by atomic mass is 16.3. The van der Waals surface area contributed by atoms with Gasteiger partial charge in [-0.3, -0.25) is 0 Å². The van der Waals surface area contributed by atoms with E-state index in [0.29, 0.717) is 0 Å². The SMILES string of the molecule is N[C@H]1CC[C@@H](N=O)C1. The number of rotatable bonds is 1. The van der Waals surface area contributed by atoms with E-state index in [1.165, 1.54) is 0 Å². The molecular weight excluding hydrogens is 104 g/mol. The predicted octanol–water partition coefficient (Wildman–Crippen LogP) is 0.633. The molecule has 1 fully saturated rings. The quantitative estimate of drug-likeness (QED) is 0.508. The van der Waals surface area contributed by atoms with Gasteiger partial charge in [0.1, 0.15) is 0 Å². The Morgan fingerprint density at radius 3 is 2.50 bits per heavy atom. The molecule has 1 aliphatic carbocycles. The Bertz CT molecular complexity index is 94.4. The topological polar surface area (TPSA) is 55.4 Å². The highest BCUT2D eigenvalue weighted by Gasteiger charge is 2.21. The number of nitrogens with two attached hydrogens (primary N) is 1. The van der Waals surface area contributed by atoms with E-state index in [-0.39, 0.29) is 12.1 Å². The molecule has 0 unspecified atom stereocenters. The number of nitrogens with zero attached hydrogens (tertiary/aromatic N) is 1. The van der Waals surface area contributed by atoms with Crippen LogP contribution in [0, 0.1) is 4.91 Å². The Balaban J connectivity index is 2.32. The van der Waals surface area contributed by atoms with Crippen LogP contribution in [-0.4, -0.2) is 12.1 Å². The minimum Gasteiger partial charge on any atom is -0.328 e. The van der Waals surface area contributed by atoms with Crippen LogP contribution in [0.25, 0.3) is 0 Å². The van der Waals surface area contributed by atoms with Crippen LogP contribution >= 0.6 is 0 Å². The fourth-order valence-corrected chi connectivity index (χ4v) is 1.09. The standard InChI is InChI=1S/C5H10N2O/c6-4-1-2-5(3-4)7-8/h4-5H,1-3,6H2/t4-,5+/m0/s1. The summed E-state index contributed by atoms with van der Waals surface area (Å²) in [5.41, 5.74) is 5.50. The molecule has 0 bridgehead atoms. The van der Waals surface area contributed by atoms with E-state index < -0.39 is 0 Å². The minimum absolute atomic E-state index is 0.0185. The zero-order valence-electron chi connectivity index (χ0n) is 4.71. The molecule has 1 saturated carbocycles. The normalized spacial score (nSPS) is 37.6. The van der Waals surface area contributed by atoms with Gasteiger partial charge in [0, 0.05) is 6.04 Å². The maximum Gasteiger partial charge on any atom is 0.0935 e. The maximum absolute atomic E-state index is 9.85. The first-order valence-corrected chi connectivity index (χ1v) is 2.91. The molecule has 0 aromatic carbocycles. The van der Waals surface area contributed by atoms with Crippen molar-refractivity contribution in [2.45, 2.75) is 31.3 Å². The number of nitroso groups, excluding NO2 is 1. The summed E-state index contributed by atoms with van der Waals surface area (Å²) in [5, 5.41) is 2.91. The Kier molecular flexibility index (Phi) is 1.58. The summed E-state index contributed by atoms with van der Waals surface area (Å²) < 4.78 is 0. The average molecular weight is 114 g/mol. The highest BCUT2D eigenvalue weighted by molar-refractivity contribution is 4.81. The van der Waals surface area contributed by atoms with Gasteiger partial charge in [-0.05, 0) is 19.3 Å². The molecule has 2 atom stereocenters. The lowest BCUT2D eigenvalue weighted by Gasteiger charge is -1.95. The molecule has 0 heterocycles. The third-order valence-electron chi connectivity index (χ3n) is 1.59. The van der Waals surface area contributed by atoms with Crippen molar-refractivity contribution in [3.8, 4) is 0 Å². The Morgan fingerprint density at radius 2 is 2.25 bits per heavy atom. The molecule has 0 spiro atoms. The van der Waals surface area contributed by atoms with Gasteiger partial charge in [0.15, 0.2) is 0 Å². The van der Waals surface area contributed by atoms with Crippen LogP contribution in [0.4, 0.5) is 0 Å². The van der Waals surface area contributed by atoms with E-state index in [1.54, 1.807) is 0 Å². The summed E-state index contributed by atoms with van der Waals surface area (Å²) in [6.07, 6.45) is 2.66. The van der Waals surface area contributed by atoms with E-state index in [4.69, 9.17) is 5.73 Å². The van der Waals surface area contributed by atoms with Crippen LogP contribution < -0.4 is 5.73 Å². The summed E-state index contributed by atoms with van der Waals surface area (Å²) in [6, 6.07) is 0.252. The van der Waals surface area contributed by atoms with Crippen LogP contribution in [0.15, 0.2) is 5.18 Å². The van der Waals surface area contributed by atoms with Crippen LogP contribution in [0.1, 0.15) is 19.3 Å². The Hall–Kier alpha value is -0.440. The van der Waals surface area contributed by atoms with Crippen molar-refractivity contribution >= 4 is 0 Å². The largest absolute Gasteiger partial charge is 0.328 e. The van der Waals surface area contributed by atoms with E-state index >= 15 is 0 Å². The fraction of sp³-hybridized carbons (Fsp3) is 1.00. The van der Waals surface area contributed by atoms with E-state index in [2.05, 4.69) is 5.18 Å².